The zero-order valence-corrected chi connectivity index (χ0v) is 24.1. The van der Waals surface area contributed by atoms with Gasteiger partial charge in [-0.05, 0) is 54.6 Å². The van der Waals surface area contributed by atoms with Gasteiger partial charge in [0.05, 0.1) is 45.0 Å². The van der Waals surface area contributed by atoms with Gasteiger partial charge in [0.2, 0.25) is 11.2 Å². The fraction of sp³-hybridized carbons (Fsp3) is 0.118. The maximum atomic E-state index is 14.1. The third-order valence-corrected chi connectivity index (χ3v) is 7.32. The van der Waals surface area contributed by atoms with Crippen molar-refractivity contribution < 1.29 is 42.8 Å². The molecule has 0 saturated carbocycles. The quantitative estimate of drug-likeness (QED) is 0.188. The van der Waals surface area contributed by atoms with E-state index in [4.69, 9.17) is 27.8 Å². The Kier molecular flexibility index (Phi) is 7.10. The fourth-order valence-electron chi connectivity index (χ4n) is 5.06. The summed E-state index contributed by atoms with van der Waals surface area (Å²) in [6, 6.07) is 18.9. The summed E-state index contributed by atoms with van der Waals surface area (Å²) in [5.41, 5.74) is 0.953. The van der Waals surface area contributed by atoms with Gasteiger partial charge in [-0.15, -0.1) is 0 Å². The lowest BCUT2D eigenvalue weighted by molar-refractivity contribution is 0.103. The van der Waals surface area contributed by atoms with Crippen LogP contribution in [0, 0.1) is 0 Å². The highest BCUT2D eigenvalue weighted by Crippen LogP contribution is 2.41. The van der Waals surface area contributed by atoms with Crippen LogP contribution in [0.2, 0.25) is 0 Å². The summed E-state index contributed by atoms with van der Waals surface area (Å²) >= 11 is 0. The van der Waals surface area contributed by atoms with Gasteiger partial charge in [-0.1, -0.05) is 0 Å². The Morgan fingerprint density at radius 1 is 0.659 bits per heavy atom. The van der Waals surface area contributed by atoms with E-state index < -0.39 is 11.2 Å². The second kappa shape index (κ2) is 11.1. The Morgan fingerprint density at radius 3 is 2.05 bits per heavy atom. The van der Waals surface area contributed by atoms with Crippen molar-refractivity contribution in [2.24, 2.45) is 0 Å². The number of hydrogen-bond donors (Lipinski definition) is 2. The number of furan rings is 1. The number of methoxy groups -OCH3 is 4. The van der Waals surface area contributed by atoms with Gasteiger partial charge in [0.15, 0.2) is 11.5 Å². The van der Waals surface area contributed by atoms with Crippen LogP contribution in [0.25, 0.3) is 44.9 Å². The average molecular weight is 595 g/mol. The van der Waals surface area contributed by atoms with Crippen molar-refractivity contribution in [3.63, 3.8) is 0 Å². The molecule has 0 atom stereocenters. The summed E-state index contributed by atoms with van der Waals surface area (Å²) < 4.78 is 33.4. The second-order valence-corrected chi connectivity index (χ2v) is 9.80. The van der Waals surface area contributed by atoms with E-state index >= 15 is 0 Å². The van der Waals surface area contributed by atoms with E-state index in [9.17, 15) is 19.8 Å². The van der Waals surface area contributed by atoms with Crippen molar-refractivity contribution in [3.8, 4) is 68.5 Å². The normalized spacial score (nSPS) is 11.1. The molecule has 1 aliphatic heterocycles. The Hall–Kier alpha value is -5.90. The lowest BCUT2D eigenvalue weighted by Gasteiger charge is -2.16. The number of fused-ring (bicyclic) bond motifs is 2. The van der Waals surface area contributed by atoms with Crippen LogP contribution in [0.4, 0.5) is 0 Å². The number of phenols is 2. The van der Waals surface area contributed by atoms with Crippen molar-refractivity contribution in [2.45, 2.75) is 0 Å². The van der Waals surface area contributed by atoms with Crippen molar-refractivity contribution in [2.75, 3.05) is 28.4 Å². The molecule has 10 nitrogen and oxygen atoms in total. The molecule has 3 aromatic carbocycles. The molecule has 2 N–H and O–H groups in total. The van der Waals surface area contributed by atoms with Gasteiger partial charge < -0.3 is 38.0 Å². The molecule has 0 unspecified atom stereocenters. The molecule has 0 saturated heterocycles. The lowest BCUT2D eigenvalue weighted by Crippen LogP contribution is -2.11. The first-order valence-corrected chi connectivity index (χ1v) is 13.3. The molecule has 0 radical (unpaired) electrons. The number of ketones is 1. The first-order chi connectivity index (χ1) is 21.3. The number of hydrogen-bond acceptors (Lipinski definition) is 10. The van der Waals surface area contributed by atoms with Gasteiger partial charge in [0, 0.05) is 29.3 Å². The molecule has 0 fully saturated rings. The lowest BCUT2D eigenvalue weighted by atomic mass is 9.94. The molecule has 2 heterocycles. The van der Waals surface area contributed by atoms with Crippen molar-refractivity contribution >= 4 is 16.8 Å². The Morgan fingerprint density at radius 2 is 1.36 bits per heavy atom. The minimum Gasteiger partial charge on any atom is -0.507 e. The maximum absolute atomic E-state index is 14.1. The number of phenolic OH excluding ortho intramolecular Hbond substituents is 2. The number of aromatic hydroxyl groups is 2. The smallest absolute Gasteiger partial charge is 0.204 e. The maximum Gasteiger partial charge on any atom is 0.204 e. The monoisotopic (exact) mass is 594 g/mol. The second-order valence-electron chi connectivity index (χ2n) is 9.80. The molecule has 6 rings (SSSR count). The molecule has 44 heavy (non-hydrogen) atoms. The zero-order chi connectivity index (χ0) is 31.1. The van der Waals surface area contributed by atoms with Gasteiger partial charge in [-0.25, -0.2) is 0 Å². The zero-order valence-electron chi connectivity index (χ0n) is 24.1. The fourth-order valence-corrected chi connectivity index (χ4v) is 5.06. The highest BCUT2D eigenvalue weighted by atomic mass is 16.5. The van der Waals surface area contributed by atoms with Gasteiger partial charge in [0.25, 0.3) is 0 Å². The third-order valence-electron chi connectivity index (χ3n) is 7.32. The highest BCUT2D eigenvalue weighted by molar-refractivity contribution is 6.16. The standard InChI is InChI=1S/C34H26O10/c1-39-19-8-5-17(6-9-19)34-23(33(38)31-25(36)12-20(40-2)13-30(31)42-4)14-21-28(44-34)16-27-22(32(21)37)15-26(43-27)18-7-10-24(35)29(11-18)41-3/h5-16,35-36H,1-4H3. The van der Waals surface area contributed by atoms with E-state index in [2.05, 4.69) is 0 Å². The van der Waals surface area contributed by atoms with Crippen LogP contribution in [0.3, 0.4) is 0 Å². The van der Waals surface area contributed by atoms with Crippen LogP contribution in [0.1, 0.15) is 15.9 Å². The number of carbonyl (C=O) groups excluding carboxylic acids is 1. The van der Waals surface area contributed by atoms with E-state index in [1.165, 1.54) is 52.7 Å². The molecule has 0 bridgehead atoms. The van der Waals surface area contributed by atoms with Crippen LogP contribution < -0.4 is 24.4 Å². The Bertz CT molecular complexity index is 2070. The molecular weight excluding hydrogens is 568 g/mol. The summed E-state index contributed by atoms with van der Waals surface area (Å²) in [6.07, 6.45) is 0. The summed E-state index contributed by atoms with van der Waals surface area (Å²) in [5, 5.41) is 21.1. The summed E-state index contributed by atoms with van der Waals surface area (Å²) in [7, 11) is 5.76. The first-order valence-electron chi connectivity index (χ1n) is 13.3. The number of benzene rings is 4. The molecule has 222 valence electrons. The summed E-state index contributed by atoms with van der Waals surface area (Å²) in [4.78, 5) is 28.0. The van der Waals surface area contributed by atoms with Crippen LogP contribution in [-0.4, -0.2) is 44.4 Å². The Labute approximate surface area is 250 Å². The number of rotatable bonds is 8. The molecule has 10 heteroatoms. The predicted molar refractivity (Wildman–Crippen MR) is 162 cm³/mol. The largest absolute Gasteiger partial charge is 0.507 e. The molecule has 1 aromatic heterocycles. The minimum atomic E-state index is -0.637. The topological polar surface area (TPSA) is 138 Å². The van der Waals surface area contributed by atoms with Crippen molar-refractivity contribution in [1.82, 2.24) is 0 Å². The van der Waals surface area contributed by atoms with Crippen LogP contribution in [0.15, 0.2) is 86.4 Å². The van der Waals surface area contributed by atoms with Crippen LogP contribution in [0.5, 0.6) is 34.5 Å². The third kappa shape index (κ3) is 4.72. The van der Waals surface area contributed by atoms with E-state index in [-0.39, 0.29) is 62.2 Å². The first kappa shape index (κ1) is 28.2. The van der Waals surface area contributed by atoms with E-state index in [0.717, 1.165) is 0 Å². The molecule has 0 amide bonds. The molecule has 1 aliphatic carbocycles. The van der Waals surface area contributed by atoms with Gasteiger partial charge in [0.1, 0.15) is 51.4 Å². The average Bonchev–Trinajstić information content (AvgIpc) is 3.48. The van der Waals surface area contributed by atoms with Crippen LogP contribution >= 0.6 is 0 Å². The van der Waals surface area contributed by atoms with Crippen molar-refractivity contribution in [3.05, 3.63) is 94.1 Å². The molecule has 4 aromatic rings. The Balaban J connectivity index is 1.59. The summed E-state index contributed by atoms with van der Waals surface area (Å²) in [5.74, 6) is 0.862. The predicted octanol–water partition coefficient (Wildman–Crippen LogP) is 6.50. The van der Waals surface area contributed by atoms with Gasteiger partial charge in [-0.3, -0.25) is 9.59 Å². The SMILES string of the molecule is COc1ccc(-c2oc3cc4oc(-c5ccc(O)c(OC)c5)cc4c(=O)c-3cc2C(=O)c2c(O)cc(OC)cc2OC)cc1. The van der Waals surface area contributed by atoms with Crippen molar-refractivity contribution in [1.29, 1.82) is 0 Å². The number of carbonyl (C=O) groups is 1. The molecule has 2 aliphatic rings. The van der Waals surface area contributed by atoms with Crippen LogP contribution in [-0.2, 0) is 0 Å². The van der Waals surface area contributed by atoms with Gasteiger partial charge >= 0.3 is 0 Å². The number of ether oxygens (including phenoxy) is 4. The van der Waals surface area contributed by atoms with Gasteiger partial charge in [-0.2, -0.15) is 0 Å². The highest BCUT2D eigenvalue weighted by Gasteiger charge is 2.28. The summed E-state index contributed by atoms with van der Waals surface area (Å²) in [6.45, 7) is 0. The van der Waals surface area contributed by atoms with E-state index in [1.54, 1.807) is 48.5 Å². The van der Waals surface area contributed by atoms with E-state index in [1.807, 2.05) is 0 Å². The molecule has 0 spiro atoms. The van der Waals surface area contributed by atoms with E-state index in [0.29, 0.717) is 28.4 Å². The molecular formula is C34H26O10. The minimum absolute atomic E-state index is 0.0184.